The Balaban J connectivity index is 1.62. The summed E-state index contributed by atoms with van der Waals surface area (Å²) in [4.78, 5) is 34.5. The zero-order chi connectivity index (χ0) is 21.1. The first-order valence-electron chi connectivity index (χ1n) is 9.86. The molecular weight excluding hydrogens is 378 g/mol. The molecule has 30 heavy (non-hydrogen) atoms. The van der Waals surface area contributed by atoms with Gasteiger partial charge in [0.2, 0.25) is 5.95 Å². The van der Waals surface area contributed by atoms with Crippen molar-refractivity contribution in [1.82, 2.24) is 19.7 Å². The highest BCUT2D eigenvalue weighted by Gasteiger charge is 2.17. The highest BCUT2D eigenvalue weighted by molar-refractivity contribution is 5.80. The van der Waals surface area contributed by atoms with Gasteiger partial charge in [0.15, 0.2) is 0 Å². The van der Waals surface area contributed by atoms with Crippen LogP contribution in [0.2, 0.25) is 0 Å². The molecule has 0 fully saturated rings. The fourth-order valence-corrected chi connectivity index (χ4v) is 3.41. The highest BCUT2D eigenvalue weighted by atomic mass is 16.1. The summed E-state index contributed by atoms with van der Waals surface area (Å²) < 4.78 is 1.37. The van der Waals surface area contributed by atoms with Crippen LogP contribution in [0.25, 0.3) is 10.8 Å². The van der Waals surface area contributed by atoms with Crippen LogP contribution in [0.5, 0.6) is 0 Å². The lowest BCUT2D eigenvalue weighted by Crippen LogP contribution is -2.30. The molecule has 0 aliphatic heterocycles. The summed E-state index contributed by atoms with van der Waals surface area (Å²) in [7, 11) is 1.89. The third-order valence-electron chi connectivity index (χ3n) is 5.20. The maximum absolute atomic E-state index is 12.9. The molecule has 2 aromatic heterocycles. The predicted octanol–water partition coefficient (Wildman–Crippen LogP) is 2.77. The number of likely N-dealkylation sites (N-methyl/N-ethyl adjacent to an activating group) is 1. The van der Waals surface area contributed by atoms with E-state index in [0.717, 1.165) is 11.8 Å². The molecule has 0 spiro atoms. The van der Waals surface area contributed by atoms with Crippen LogP contribution in [-0.2, 0) is 6.42 Å². The molecule has 7 heteroatoms. The molecule has 1 atom stereocenters. The van der Waals surface area contributed by atoms with Crippen molar-refractivity contribution in [2.24, 2.45) is 0 Å². The number of nitrogens with one attached hydrogen (secondary N) is 1. The van der Waals surface area contributed by atoms with Crippen molar-refractivity contribution < 1.29 is 0 Å². The van der Waals surface area contributed by atoms with Crippen LogP contribution in [0.15, 0.2) is 76.4 Å². The summed E-state index contributed by atoms with van der Waals surface area (Å²) >= 11 is 0. The second-order valence-electron chi connectivity index (χ2n) is 7.31. The van der Waals surface area contributed by atoms with Gasteiger partial charge >= 0.3 is 0 Å². The Labute approximate surface area is 173 Å². The zero-order valence-electron chi connectivity index (χ0n) is 16.9. The van der Waals surface area contributed by atoms with Crippen molar-refractivity contribution >= 4 is 16.7 Å². The minimum atomic E-state index is -0.481. The van der Waals surface area contributed by atoms with Gasteiger partial charge in [-0.05, 0) is 25.0 Å². The van der Waals surface area contributed by atoms with Gasteiger partial charge in [0, 0.05) is 25.0 Å². The molecule has 0 amide bonds. The summed E-state index contributed by atoms with van der Waals surface area (Å²) in [5, 5.41) is 5.67. The van der Waals surface area contributed by atoms with Gasteiger partial charge in [-0.1, -0.05) is 48.5 Å². The molecule has 7 nitrogen and oxygen atoms in total. The van der Waals surface area contributed by atoms with E-state index in [-0.39, 0.29) is 11.1 Å². The third kappa shape index (κ3) is 4.00. The van der Waals surface area contributed by atoms with E-state index in [1.165, 1.54) is 16.3 Å². The molecule has 1 N–H and O–H groups in total. The van der Waals surface area contributed by atoms with Crippen LogP contribution < -0.4 is 16.0 Å². The summed E-state index contributed by atoms with van der Waals surface area (Å²) in [5.74, 6) is 0.467. The topological polar surface area (TPSA) is 83.9 Å². The standard InChI is InChI=1S/C23H23N5O2/c1-16(28-22(30)19-11-7-6-10-18(19)15-24-28)20-14-21(29)26-23(25-20)27(2)13-12-17-8-4-3-5-9-17/h3-11,14-16H,12-13H2,1-2H3,(H,25,26,29). The lowest BCUT2D eigenvalue weighted by atomic mass is 10.1. The van der Waals surface area contributed by atoms with Gasteiger partial charge in [0.25, 0.3) is 11.1 Å². The van der Waals surface area contributed by atoms with Crippen LogP contribution in [0.4, 0.5) is 5.95 Å². The molecule has 2 aromatic carbocycles. The van der Waals surface area contributed by atoms with Gasteiger partial charge in [-0.25, -0.2) is 9.67 Å². The molecule has 2 heterocycles. The van der Waals surface area contributed by atoms with Crippen LogP contribution >= 0.6 is 0 Å². The van der Waals surface area contributed by atoms with Crippen molar-refractivity contribution in [2.75, 3.05) is 18.5 Å². The Morgan fingerprint density at radius 3 is 2.60 bits per heavy atom. The highest BCUT2D eigenvalue weighted by Crippen LogP contribution is 2.16. The number of hydrogen-bond acceptors (Lipinski definition) is 5. The van der Waals surface area contributed by atoms with Crippen LogP contribution in [0, 0.1) is 0 Å². The molecule has 152 valence electrons. The summed E-state index contributed by atoms with van der Waals surface area (Å²) in [6.07, 6.45) is 2.49. The lowest BCUT2D eigenvalue weighted by Gasteiger charge is -2.20. The number of aromatic nitrogens is 4. The van der Waals surface area contributed by atoms with Crippen molar-refractivity contribution in [1.29, 1.82) is 0 Å². The van der Waals surface area contributed by atoms with Crippen LogP contribution in [0.1, 0.15) is 24.2 Å². The molecule has 0 aliphatic rings. The van der Waals surface area contributed by atoms with Crippen molar-refractivity contribution in [3.05, 3.63) is 98.8 Å². The molecule has 4 rings (SSSR count). The Bertz CT molecular complexity index is 1280. The predicted molar refractivity (Wildman–Crippen MR) is 118 cm³/mol. The monoisotopic (exact) mass is 401 g/mol. The maximum atomic E-state index is 12.9. The summed E-state index contributed by atoms with van der Waals surface area (Å²) in [6.45, 7) is 2.51. The molecule has 0 saturated heterocycles. The fourth-order valence-electron chi connectivity index (χ4n) is 3.41. The van der Waals surface area contributed by atoms with Crippen molar-refractivity contribution in [2.45, 2.75) is 19.4 Å². The SMILES string of the molecule is CC(c1cc(=O)[nH]c(N(C)CCc2ccccc2)n1)n1ncc2ccccc2c1=O. The second kappa shape index (κ2) is 8.32. The number of anilines is 1. The van der Waals surface area contributed by atoms with E-state index >= 15 is 0 Å². The molecule has 0 radical (unpaired) electrons. The molecular formula is C23H23N5O2. The van der Waals surface area contributed by atoms with Gasteiger partial charge in [-0.3, -0.25) is 14.6 Å². The largest absolute Gasteiger partial charge is 0.345 e. The smallest absolute Gasteiger partial charge is 0.275 e. The van der Waals surface area contributed by atoms with E-state index in [1.54, 1.807) is 12.3 Å². The van der Waals surface area contributed by atoms with Gasteiger partial charge < -0.3 is 4.90 Å². The first-order chi connectivity index (χ1) is 14.5. The van der Waals surface area contributed by atoms with E-state index in [1.807, 2.05) is 55.3 Å². The van der Waals surface area contributed by atoms with Crippen LogP contribution in [0.3, 0.4) is 0 Å². The minimum Gasteiger partial charge on any atom is -0.345 e. The number of H-pyrrole nitrogens is 1. The molecule has 4 aromatic rings. The van der Waals surface area contributed by atoms with E-state index < -0.39 is 6.04 Å². The molecule has 0 bridgehead atoms. The Hall–Kier alpha value is -3.74. The van der Waals surface area contributed by atoms with Crippen molar-refractivity contribution in [3.63, 3.8) is 0 Å². The molecule has 0 saturated carbocycles. The normalized spacial score (nSPS) is 12.1. The quantitative estimate of drug-likeness (QED) is 0.537. The number of benzene rings is 2. The first-order valence-corrected chi connectivity index (χ1v) is 9.86. The van der Waals surface area contributed by atoms with Gasteiger partial charge in [-0.15, -0.1) is 0 Å². The Morgan fingerprint density at radius 1 is 1.07 bits per heavy atom. The van der Waals surface area contributed by atoms with Gasteiger partial charge in [-0.2, -0.15) is 5.10 Å². The van der Waals surface area contributed by atoms with E-state index in [4.69, 9.17) is 0 Å². The minimum absolute atomic E-state index is 0.207. The van der Waals surface area contributed by atoms with Crippen LogP contribution in [-0.4, -0.2) is 33.3 Å². The maximum Gasteiger partial charge on any atom is 0.275 e. The number of hydrogen-bond donors (Lipinski definition) is 1. The van der Waals surface area contributed by atoms with E-state index in [9.17, 15) is 9.59 Å². The molecule has 0 aliphatic carbocycles. The first kappa shape index (κ1) is 19.6. The second-order valence-corrected chi connectivity index (χ2v) is 7.31. The summed E-state index contributed by atoms with van der Waals surface area (Å²) in [5.41, 5.74) is 1.23. The average molecular weight is 401 g/mol. The number of nitrogens with zero attached hydrogens (tertiary/aromatic N) is 4. The Morgan fingerprint density at radius 2 is 1.80 bits per heavy atom. The number of aromatic amines is 1. The fraction of sp³-hybridized carbons (Fsp3) is 0.217. The van der Waals surface area contributed by atoms with E-state index in [2.05, 4.69) is 27.2 Å². The molecule has 1 unspecified atom stereocenters. The zero-order valence-corrected chi connectivity index (χ0v) is 16.9. The lowest BCUT2D eigenvalue weighted by molar-refractivity contribution is 0.523. The third-order valence-corrected chi connectivity index (χ3v) is 5.20. The average Bonchev–Trinajstić information content (AvgIpc) is 2.78. The van der Waals surface area contributed by atoms with Crippen molar-refractivity contribution in [3.8, 4) is 0 Å². The van der Waals surface area contributed by atoms with Gasteiger partial charge in [0.05, 0.1) is 23.3 Å². The number of rotatable bonds is 6. The summed E-state index contributed by atoms with van der Waals surface area (Å²) in [6, 6.07) is 18.4. The number of fused-ring (bicyclic) bond motifs is 1. The Kier molecular flexibility index (Phi) is 5.43. The van der Waals surface area contributed by atoms with E-state index in [0.29, 0.717) is 23.6 Å². The van der Waals surface area contributed by atoms with Gasteiger partial charge in [0.1, 0.15) is 0 Å².